The molecule has 0 bridgehead atoms. The van der Waals surface area contributed by atoms with Gasteiger partial charge in [-0.1, -0.05) is 34.8 Å². The van der Waals surface area contributed by atoms with Crippen molar-refractivity contribution >= 4 is 43.5 Å². The SMILES string of the molecule is O=POCC(Cl)(Cl)Cl. The van der Waals surface area contributed by atoms with E-state index in [2.05, 4.69) is 4.52 Å². The summed E-state index contributed by atoms with van der Waals surface area (Å²) in [5.74, 6) is 0. The molecule has 0 heterocycles. The predicted octanol–water partition coefficient (Wildman–Crippen LogP) is 2.58. The van der Waals surface area contributed by atoms with Crippen molar-refractivity contribution in [3.05, 3.63) is 0 Å². The molecule has 8 heavy (non-hydrogen) atoms. The quantitative estimate of drug-likeness (QED) is 0.500. The van der Waals surface area contributed by atoms with Gasteiger partial charge in [-0.25, -0.2) is 4.57 Å². The van der Waals surface area contributed by atoms with Gasteiger partial charge in [0.05, 0.1) is 0 Å². The van der Waals surface area contributed by atoms with Gasteiger partial charge in [0.2, 0.25) is 3.79 Å². The highest BCUT2D eigenvalue weighted by atomic mass is 35.6. The summed E-state index contributed by atoms with van der Waals surface area (Å²) < 4.78 is 12.3. The van der Waals surface area contributed by atoms with Crippen LogP contribution < -0.4 is 0 Å². The van der Waals surface area contributed by atoms with Crippen molar-refractivity contribution in [1.82, 2.24) is 0 Å². The first kappa shape index (κ1) is 8.93. The third kappa shape index (κ3) is 6.93. The Morgan fingerprint density at radius 1 is 1.50 bits per heavy atom. The zero-order valence-electron chi connectivity index (χ0n) is 3.60. The number of halogens is 3. The summed E-state index contributed by atoms with van der Waals surface area (Å²) in [6.45, 7) is -0.164. The Labute approximate surface area is 63.3 Å². The molecule has 0 N–H and O–H groups in total. The molecule has 0 rings (SSSR count). The van der Waals surface area contributed by atoms with E-state index in [1.165, 1.54) is 0 Å². The van der Waals surface area contributed by atoms with Crippen LogP contribution in [0.2, 0.25) is 0 Å². The van der Waals surface area contributed by atoms with Crippen molar-refractivity contribution in [3.8, 4) is 0 Å². The van der Waals surface area contributed by atoms with E-state index in [0.717, 1.165) is 0 Å². The van der Waals surface area contributed by atoms with Crippen LogP contribution in [0, 0.1) is 0 Å². The second kappa shape index (κ2) is 3.86. The van der Waals surface area contributed by atoms with Crippen LogP contribution in [0.1, 0.15) is 0 Å². The molecule has 0 amide bonds. The number of hydrogen-bond donors (Lipinski definition) is 0. The lowest BCUT2D eigenvalue weighted by Crippen LogP contribution is -2.08. The van der Waals surface area contributed by atoms with E-state index in [-0.39, 0.29) is 6.61 Å². The van der Waals surface area contributed by atoms with Crippen molar-refractivity contribution in [2.24, 2.45) is 0 Å². The van der Waals surface area contributed by atoms with Crippen LogP contribution in [0.3, 0.4) is 0 Å². The molecule has 0 radical (unpaired) electrons. The Kier molecular flexibility index (Phi) is 4.31. The molecule has 0 saturated carbocycles. The lowest BCUT2D eigenvalue weighted by molar-refractivity contribution is 0.351. The zero-order valence-corrected chi connectivity index (χ0v) is 6.77. The zero-order chi connectivity index (χ0) is 6.62. The smallest absolute Gasteiger partial charge is 0.290 e. The molecule has 2 nitrogen and oxygen atoms in total. The molecule has 0 atom stereocenters. The van der Waals surface area contributed by atoms with Gasteiger partial charge in [-0.3, -0.25) is 4.52 Å². The average molecular weight is 195 g/mol. The van der Waals surface area contributed by atoms with Gasteiger partial charge in [-0.15, -0.1) is 0 Å². The van der Waals surface area contributed by atoms with E-state index in [1.54, 1.807) is 0 Å². The van der Waals surface area contributed by atoms with Crippen LogP contribution in [0.4, 0.5) is 0 Å². The minimum Gasteiger partial charge on any atom is -0.290 e. The van der Waals surface area contributed by atoms with Gasteiger partial charge in [0, 0.05) is 0 Å². The number of hydrogen-bond acceptors (Lipinski definition) is 2. The van der Waals surface area contributed by atoms with E-state index in [1.807, 2.05) is 0 Å². The van der Waals surface area contributed by atoms with Crippen LogP contribution in [0.15, 0.2) is 0 Å². The molecule has 0 aliphatic rings. The highest BCUT2D eigenvalue weighted by molar-refractivity contribution is 7.17. The minimum absolute atomic E-state index is 0.164. The molecule has 0 aliphatic heterocycles. The fourth-order valence-electron chi connectivity index (χ4n) is 0.0995. The first-order chi connectivity index (χ1) is 3.56. The first-order valence-corrected chi connectivity index (χ1v) is 3.44. The van der Waals surface area contributed by atoms with E-state index < -0.39 is 12.5 Å². The molecule has 0 spiro atoms. The van der Waals surface area contributed by atoms with Gasteiger partial charge in [0.1, 0.15) is 6.61 Å². The minimum atomic E-state index is -1.46. The molecule has 48 valence electrons. The largest absolute Gasteiger partial charge is 0.327 e. The molecular weight excluding hydrogens is 193 g/mol. The molecule has 0 aromatic carbocycles. The Morgan fingerprint density at radius 3 is 2.12 bits per heavy atom. The summed E-state index contributed by atoms with van der Waals surface area (Å²) in [7, 11) is -0.473. The molecule has 0 aliphatic carbocycles. The summed E-state index contributed by atoms with van der Waals surface area (Å²) in [6.07, 6.45) is 0. The monoisotopic (exact) mass is 194 g/mol. The fourth-order valence-corrected chi connectivity index (χ4v) is 0.738. The van der Waals surface area contributed by atoms with Crippen molar-refractivity contribution in [1.29, 1.82) is 0 Å². The molecule has 0 aromatic heterocycles. The van der Waals surface area contributed by atoms with Crippen LogP contribution in [0.5, 0.6) is 0 Å². The Balaban J connectivity index is 3.24. The lowest BCUT2D eigenvalue weighted by atomic mass is 10.9. The third-order valence-electron chi connectivity index (χ3n) is 0.281. The maximum absolute atomic E-state index is 9.55. The topological polar surface area (TPSA) is 26.3 Å². The molecule has 6 heteroatoms. The predicted molar refractivity (Wildman–Crippen MR) is 33.8 cm³/mol. The molecule has 0 unspecified atom stereocenters. The van der Waals surface area contributed by atoms with Crippen LogP contribution in [0.25, 0.3) is 0 Å². The Hall–Kier alpha value is 0.930. The van der Waals surface area contributed by atoms with Gasteiger partial charge in [0.15, 0.2) is 0 Å². The van der Waals surface area contributed by atoms with Crippen LogP contribution in [-0.4, -0.2) is 10.4 Å². The normalized spacial score (nSPS) is 12.4. The summed E-state index contributed by atoms with van der Waals surface area (Å²) in [5.41, 5.74) is 0. The van der Waals surface area contributed by atoms with E-state index in [9.17, 15) is 4.57 Å². The highest BCUT2D eigenvalue weighted by Crippen LogP contribution is 2.26. The van der Waals surface area contributed by atoms with Crippen LogP contribution in [-0.2, 0) is 9.09 Å². The third-order valence-corrected chi connectivity index (χ3v) is 0.843. The maximum atomic E-state index is 9.55. The van der Waals surface area contributed by atoms with E-state index >= 15 is 0 Å². The fraction of sp³-hybridized carbons (Fsp3) is 1.00. The van der Waals surface area contributed by atoms with Crippen molar-refractivity contribution in [2.45, 2.75) is 3.79 Å². The average Bonchev–Trinajstić information content (AvgIpc) is 1.59. The first-order valence-electron chi connectivity index (χ1n) is 1.57. The molecular formula is C2H2Cl3O2P. The van der Waals surface area contributed by atoms with Gasteiger partial charge in [-0.05, 0) is 0 Å². The number of rotatable bonds is 2. The van der Waals surface area contributed by atoms with Gasteiger partial charge in [0.25, 0.3) is 0 Å². The van der Waals surface area contributed by atoms with Gasteiger partial charge in [-0.2, -0.15) is 0 Å². The second-order valence-electron chi connectivity index (χ2n) is 0.963. The molecule has 0 saturated heterocycles. The van der Waals surface area contributed by atoms with Gasteiger partial charge >= 0.3 is 8.69 Å². The van der Waals surface area contributed by atoms with Gasteiger partial charge < -0.3 is 0 Å². The lowest BCUT2D eigenvalue weighted by Gasteiger charge is -2.04. The van der Waals surface area contributed by atoms with E-state index in [4.69, 9.17) is 34.8 Å². The second-order valence-corrected chi connectivity index (χ2v) is 3.89. The van der Waals surface area contributed by atoms with Crippen molar-refractivity contribution < 1.29 is 9.09 Å². The van der Waals surface area contributed by atoms with Crippen LogP contribution >= 0.6 is 43.5 Å². The molecule has 0 aromatic rings. The Morgan fingerprint density at radius 2 is 2.00 bits per heavy atom. The summed E-state index contributed by atoms with van der Waals surface area (Å²) in [6, 6.07) is 0. The summed E-state index contributed by atoms with van der Waals surface area (Å²) in [5, 5.41) is 0. The number of alkyl halides is 3. The van der Waals surface area contributed by atoms with Crippen molar-refractivity contribution in [3.63, 3.8) is 0 Å². The standard InChI is InChI=1S/C2H2Cl3O2P/c3-2(4,5)1-7-8-6/h1H2. The molecule has 0 fully saturated rings. The summed E-state index contributed by atoms with van der Waals surface area (Å²) >= 11 is 15.5. The van der Waals surface area contributed by atoms with Crippen molar-refractivity contribution in [2.75, 3.05) is 6.61 Å². The summed E-state index contributed by atoms with van der Waals surface area (Å²) in [4.78, 5) is 0. The van der Waals surface area contributed by atoms with E-state index in [0.29, 0.717) is 0 Å². The highest BCUT2D eigenvalue weighted by Gasteiger charge is 2.19. The Bertz CT molecular complexity index is 79.8. The maximum Gasteiger partial charge on any atom is 0.327 e.